The molecule has 3 rings (SSSR count). The molecule has 104 valence electrons. The van der Waals surface area contributed by atoms with Crippen LogP contribution in [0.2, 0.25) is 0 Å². The quantitative estimate of drug-likeness (QED) is 0.681. The van der Waals surface area contributed by atoms with Gasteiger partial charge in [0.2, 0.25) is 0 Å². The van der Waals surface area contributed by atoms with Gasteiger partial charge in [0.25, 0.3) is 0 Å². The second kappa shape index (κ2) is 6.28. The summed E-state index contributed by atoms with van der Waals surface area (Å²) in [6.07, 6.45) is 2.45. The Morgan fingerprint density at radius 3 is 2.67 bits per heavy atom. The number of nitrogens with one attached hydrogen (secondary N) is 1. The number of halogens is 1. The van der Waals surface area contributed by atoms with E-state index in [4.69, 9.17) is 0 Å². The fourth-order valence-corrected chi connectivity index (χ4v) is 3.12. The monoisotopic (exact) mass is 358 g/mol. The van der Waals surface area contributed by atoms with Crippen molar-refractivity contribution in [2.45, 2.75) is 9.79 Å². The van der Waals surface area contributed by atoms with Crippen LogP contribution in [0.15, 0.2) is 69.0 Å². The van der Waals surface area contributed by atoms with Gasteiger partial charge < -0.3 is 0 Å². The van der Waals surface area contributed by atoms with Crippen LogP contribution in [0.3, 0.4) is 0 Å². The Morgan fingerprint density at radius 1 is 1.10 bits per heavy atom. The molecule has 0 saturated carbocycles. The topological polar surface area (TPSA) is 45.8 Å². The van der Waals surface area contributed by atoms with Gasteiger partial charge in [0.15, 0.2) is 6.29 Å². The number of rotatable bonds is 4. The number of nitrogens with zero attached hydrogens (tertiary/aromatic N) is 1. The fraction of sp³-hybridized carbons (Fsp3) is 0. The minimum Gasteiger partial charge on any atom is -0.296 e. The first-order chi connectivity index (χ1) is 10.3. The van der Waals surface area contributed by atoms with Crippen molar-refractivity contribution in [2.75, 3.05) is 0 Å². The molecule has 5 heteroatoms. The average Bonchev–Trinajstić information content (AvgIpc) is 2.95. The van der Waals surface area contributed by atoms with Gasteiger partial charge in [-0.25, -0.2) is 0 Å². The van der Waals surface area contributed by atoms with Crippen LogP contribution in [-0.4, -0.2) is 16.5 Å². The molecule has 3 nitrogen and oxygen atoms in total. The number of H-pyrrole nitrogens is 1. The third kappa shape index (κ3) is 3.25. The summed E-state index contributed by atoms with van der Waals surface area (Å²) in [5.74, 6) is 0. The first kappa shape index (κ1) is 14.1. The lowest BCUT2D eigenvalue weighted by molar-refractivity contribution is 0.111. The minimum absolute atomic E-state index is 0.508. The van der Waals surface area contributed by atoms with Crippen LogP contribution >= 0.6 is 27.7 Å². The second-order valence-electron chi connectivity index (χ2n) is 4.40. The van der Waals surface area contributed by atoms with Crippen LogP contribution in [0.1, 0.15) is 10.5 Å². The lowest BCUT2D eigenvalue weighted by Gasteiger charge is -2.05. The highest BCUT2D eigenvalue weighted by Gasteiger charge is 2.07. The first-order valence-corrected chi connectivity index (χ1v) is 7.89. The van der Waals surface area contributed by atoms with Crippen molar-refractivity contribution in [1.29, 1.82) is 0 Å². The van der Waals surface area contributed by atoms with Crippen LogP contribution in [0, 0.1) is 0 Å². The Kier molecular flexibility index (Phi) is 4.22. The van der Waals surface area contributed by atoms with Crippen molar-refractivity contribution in [3.05, 3.63) is 64.9 Å². The van der Waals surface area contributed by atoms with Crippen molar-refractivity contribution in [2.24, 2.45) is 0 Å². The molecule has 3 aromatic rings. The van der Waals surface area contributed by atoms with E-state index in [9.17, 15) is 4.79 Å². The van der Waals surface area contributed by atoms with Crippen molar-refractivity contribution in [3.8, 4) is 11.1 Å². The second-order valence-corrected chi connectivity index (χ2v) is 6.43. The summed E-state index contributed by atoms with van der Waals surface area (Å²) in [6.45, 7) is 0. The van der Waals surface area contributed by atoms with Crippen molar-refractivity contribution in [1.82, 2.24) is 10.2 Å². The van der Waals surface area contributed by atoms with Gasteiger partial charge in [-0.3, -0.25) is 9.89 Å². The van der Waals surface area contributed by atoms with Crippen LogP contribution in [0.4, 0.5) is 0 Å². The average molecular weight is 359 g/mol. The van der Waals surface area contributed by atoms with Crippen LogP contribution in [0.25, 0.3) is 11.1 Å². The molecule has 0 radical (unpaired) electrons. The molecule has 21 heavy (non-hydrogen) atoms. The molecule has 0 saturated heterocycles. The van der Waals surface area contributed by atoms with Gasteiger partial charge >= 0.3 is 0 Å². The highest BCUT2D eigenvalue weighted by atomic mass is 79.9. The van der Waals surface area contributed by atoms with E-state index < -0.39 is 0 Å². The van der Waals surface area contributed by atoms with Gasteiger partial charge in [-0.2, -0.15) is 5.10 Å². The summed E-state index contributed by atoms with van der Waals surface area (Å²) < 4.78 is 1.06. The maximum Gasteiger partial charge on any atom is 0.169 e. The number of aromatic amines is 1. The molecule has 1 N–H and O–H groups in total. The van der Waals surface area contributed by atoms with Gasteiger partial charge in [0, 0.05) is 9.37 Å². The summed E-state index contributed by atoms with van der Waals surface area (Å²) in [7, 11) is 0. The van der Waals surface area contributed by atoms with E-state index in [2.05, 4.69) is 50.4 Å². The summed E-state index contributed by atoms with van der Waals surface area (Å²) in [4.78, 5) is 12.8. The molecule has 0 amide bonds. The predicted molar refractivity (Wildman–Crippen MR) is 87.7 cm³/mol. The van der Waals surface area contributed by atoms with E-state index in [1.165, 1.54) is 11.8 Å². The van der Waals surface area contributed by atoms with Crippen molar-refractivity contribution in [3.63, 3.8) is 0 Å². The smallest absolute Gasteiger partial charge is 0.169 e. The Hall–Kier alpha value is -1.85. The zero-order valence-electron chi connectivity index (χ0n) is 10.9. The number of benzene rings is 2. The van der Waals surface area contributed by atoms with Gasteiger partial charge in [-0.1, -0.05) is 52.0 Å². The number of carbonyl (C=O) groups is 1. The largest absolute Gasteiger partial charge is 0.296 e. The van der Waals surface area contributed by atoms with E-state index in [0.717, 1.165) is 31.7 Å². The number of aldehydes is 1. The molecule has 2 aromatic carbocycles. The summed E-state index contributed by atoms with van der Waals surface area (Å²) in [5.41, 5.74) is 2.81. The zero-order chi connectivity index (χ0) is 14.7. The minimum atomic E-state index is 0.508. The lowest BCUT2D eigenvalue weighted by atomic mass is 10.1. The fourth-order valence-electron chi connectivity index (χ4n) is 1.96. The standard InChI is InChI=1S/C16H11BrN2OS/c17-13-6-4-11(5-7-13)12-2-1-3-14(8-12)21-16-9-18-19-15(16)10-20/h1-10H,(H,18,19). The summed E-state index contributed by atoms with van der Waals surface area (Å²) >= 11 is 4.96. The highest BCUT2D eigenvalue weighted by Crippen LogP contribution is 2.32. The molecule has 0 unspecified atom stereocenters. The lowest BCUT2D eigenvalue weighted by Crippen LogP contribution is -1.83. The first-order valence-electron chi connectivity index (χ1n) is 6.28. The van der Waals surface area contributed by atoms with Gasteiger partial charge in [-0.15, -0.1) is 0 Å². The molecule has 0 aliphatic heterocycles. The van der Waals surface area contributed by atoms with E-state index in [1.807, 2.05) is 24.3 Å². The third-order valence-corrected chi connectivity index (χ3v) is 4.55. The molecule has 1 aromatic heterocycles. The van der Waals surface area contributed by atoms with Gasteiger partial charge in [0.1, 0.15) is 5.69 Å². The van der Waals surface area contributed by atoms with E-state index in [1.54, 1.807) is 6.20 Å². The molecule has 0 aliphatic carbocycles. The van der Waals surface area contributed by atoms with Crippen molar-refractivity contribution < 1.29 is 4.79 Å². The normalized spacial score (nSPS) is 10.5. The predicted octanol–water partition coefficient (Wildman–Crippen LogP) is 4.80. The molecule has 0 bridgehead atoms. The molecule has 0 aliphatic rings. The van der Waals surface area contributed by atoms with Crippen molar-refractivity contribution >= 4 is 34.0 Å². The third-order valence-electron chi connectivity index (χ3n) is 2.99. The van der Waals surface area contributed by atoms with Gasteiger partial charge in [-0.05, 0) is 35.4 Å². The molecular weight excluding hydrogens is 348 g/mol. The molecular formula is C16H11BrN2OS. The molecule has 0 atom stereocenters. The van der Waals surface area contributed by atoms with Crippen LogP contribution in [0.5, 0.6) is 0 Å². The Morgan fingerprint density at radius 2 is 1.90 bits per heavy atom. The van der Waals surface area contributed by atoms with Crippen LogP contribution < -0.4 is 0 Å². The van der Waals surface area contributed by atoms with Crippen LogP contribution in [-0.2, 0) is 0 Å². The Labute approximate surface area is 134 Å². The maximum atomic E-state index is 10.9. The molecule has 0 spiro atoms. The highest BCUT2D eigenvalue weighted by molar-refractivity contribution is 9.10. The Bertz CT molecular complexity index is 768. The van der Waals surface area contributed by atoms with E-state index in [0.29, 0.717) is 5.69 Å². The summed E-state index contributed by atoms with van der Waals surface area (Å²) in [6, 6.07) is 16.4. The molecule has 1 heterocycles. The summed E-state index contributed by atoms with van der Waals surface area (Å²) in [5, 5.41) is 6.58. The SMILES string of the molecule is O=Cc1[nH]ncc1Sc1cccc(-c2ccc(Br)cc2)c1. The van der Waals surface area contributed by atoms with Gasteiger partial charge in [0.05, 0.1) is 11.1 Å². The zero-order valence-corrected chi connectivity index (χ0v) is 13.3. The number of hydrogen-bond donors (Lipinski definition) is 1. The number of carbonyl (C=O) groups excluding carboxylic acids is 1. The number of aromatic nitrogens is 2. The number of hydrogen-bond acceptors (Lipinski definition) is 3. The molecule has 0 fully saturated rings. The van der Waals surface area contributed by atoms with E-state index >= 15 is 0 Å². The van der Waals surface area contributed by atoms with E-state index in [-0.39, 0.29) is 0 Å². The maximum absolute atomic E-state index is 10.9. The Balaban J connectivity index is 1.89.